The molecule has 1 aliphatic rings. The number of primary amides is 1. The highest BCUT2D eigenvalue weighted by molar-refractivity contribution is 7.13. The smallest absolute Gasteiger partial charge is 0.248 e. The molecule has 1 amide bonds. The van der Waals surface area contributed by atoms with Crippen molar-refractivity contribution in [1.29, 1.82) is 0 Å². The van der Waals surface area contributed by atoms with Crippen LogP contribution in [0.5, 0.6) is 0 Å². The number of nitrogens with zero attached hydrogens (tertiary/aromatic N) is 2. The molecular weight excluding hydrogens is 436 g/mol. The highest BCUT2D eigenvalue weighted by atomic mass is 32.1. The molecule has 1 aromatic heterocycles. The van der Waals surface area contributed by atoms with Gasteiger partial charge in [0.25, 0.3) is 0 Å². The van der Waals surface area contributed by atoms with Crippen LogP contribution in [0.4, 0.5) is 0 Å². The normalized spacial score (nSPS) is 14.2. The number of carbonyl (C=O) groups excluding carboxylic acids is 1. The van der Waals surface area contributed by atoms with E-state index in [0.717, 1.165) is 34.8 Å². The number of nitrogens with two attached hydrogens (primary N) is 2. The molecule has 0 aliphatic heterocycles. The van der Waals surface area contributed by atoms with Crippen molar-refractivity contribution < 1.29 is 14.3 Å². The second-order valence-electron chi connectivity index (χ2n) is 7.16. The van der Waals surface area contributed by atoms with Gasteiger partial charge in [0.15, 0.2) is 0 Å². The summed E-state index contributed by atoms with van der Waals surface area (Å²) in [5.74, 6) is -0.484. The molecule has 8 heteroatoms. The first kappa shape index (κ1) is 28.5. The number of ether oxygens (including phenoxy) is 2. The maximum absolute atomic E-state index is 11.5. The monoisotopic (exact) mass is 474 g/mol. The molecule has 1 heterocycles. The zero-order valence-corrected chi connectivity index (χ0v) is 21.1. The third kappa shape index (κ3) is 10.3. The summed E-state index contributed by atoms with van der Waals surface area (Å²) in [5, 5.41) is 0. The van der Waals surface area contributed by atoms with Crippen LogP contribution in [0.1, 0.15) is 61.9 Å². The van der Waals surface area contributed by atoms with Gasteiger partial charge in [-0.05, 0) is 42.2 Å². The Balaban J connectivity index is 0.000000354. The van der Waals surface area contributed by atoms with Gasteiger partial charge in [-0.1, -0.05) is 33.1 Å². The summed E-state index contributed by atoms with van der Waals surface area (Å²) in [4.78, 5) is 20.4. The highest BCUT2D eigenvalue weighted by Gasteiger charge is 2.13. The third-order valence-electron chi connectivity index (χ3n) is 4.91. The quantitative estimate of drug-likeness (QED) is 0.416. The number of amides is 1. The van der Waals surface area contributed by atoms with Crippen LogP contribution in [0.25, 0.3) is 16.0 Å². The molecule has 1 saturated carbocycles. The fraction of sp³-hybridized carbons (Fsp3) is 0.480. The standard InChI is InChI=1S/C14H14N4OS.C9H18O2.C2H6/c1-17-6-12(5-15)9-2-10(13-7-18-8-20-13)4-11(3-9)14(16)19;1-10-7-8-11-9-5-3-2-4-6-9;1-2/h2-8H,15H2,1H3,(H2,16,19);9H,2-8H2,1H3;1-2H3/b12-5+,17-6?;;. The molecule has 0 spiro atoms. The first-order valence-electron chi connectivity index (χ1n) is 11.4. The third-order valence-corrected chi connectivity index (χ3v) is 5.73. The summed E-state index contributed by atoms with van der Waals surface area (Å²) < 4.78 is 10.5. The minimum Gasteiger partial charge on any atom is -0.404 e. The lowest BCUT2D eigenvalue weighted by Gasteiger charge is -2.21. The van der Waals surface area contributed by atoms with Gasteiger partial charge in [-0.2, -0.15) is 0 Å². The van der Waals surface area contributed by atoms with E-state index in [-0.39, 0.29) is 0 Å². The molecule has 33 heavy (non-hydrogen) atoms. The molecule has 182 valence electrons. The second-order valence-corrected chi connectivity index (χ2v) is 8.05. The average Bonchev–Trinajstić information content (AvgIpc) is 3.40. The fourth-order valence-corrected chi connectivity index (χ4v) is 3.93. The van der Waals surface area contributed by atoms with Gasteiger partial charge in [-0.15, -0.1) is 11.3 Å². The molecule has 0 unspecified atom stereocenters. The van der Waals surface area contributed by atoms with E-state index >= 15 is 0 Å². The van der Waals surface area contributed by atoms with Crippen LogP contribution in [0.3, 0.4) is 0 Å². The molecule has 1 aromatic carbocycles. The van der Waals surface area contributed by atoms with Crippen LogP contribution < -0.4 is 11.5 Å². The van der Waals surface area contributed by atoms with Crippen molar-refractivity contribution >= 4 is 29.0 Å². The molecule has 0 radical (unpaired) electrons. The summed E-state index contributed by atoms with van der Waals surface area (Å²) >= 11 is 1.49. The first-order valence-corrected chi connectivity index (χ1v) is 12.3. The molecular formula is C25H38N4O3S. The van der Waals surface area contributed by atoms with E-state index in [1.165, 1.54) is 49.6 Å². The maximum atomic E-state index is 11.5. The number of thiazole rings is 1. The van der Waals surface area contributed by atoms with Crippen LogP contribution in [-0.2, 0) is 9.47 Å². The van der Waals surface area contributed by atoms with Crippen molar-refractivity contribution in [3.63, 3.8) is 0 Å². The van der Waals surface area contributed by atoms with Gasteiger partial charge in [0.2, 0.25) is 5.91 Å². The molecule has 3 rings (SSSR count). The van der Waals surface area contributed by atoms with E-state index in [1.807, 2.05) is 19.9 Å². The van der Waals surface area contributed by atoms with Gasteiger partial charge in [-0.25, -0.2) is 0 Å². The molecule has 1 fully saturated rings. The maximum Gasteiger partial charge on any atom is 0.248 e. The van der Waals surface area contributed by atoms with Crippen LogP contribution >= 0.6 is 11.3 Å². The van der Waals surface area contributed by atoms with Crippen LogP contribution in [0.15, 0.2) is 41.1 Å². The number of hydrogen-bond donors (Lipinski definition) is 2. The van der Waals surface area contributed by atoms with Gasteiger partial charge in [0.05, 0.1) is 29.7 Å². The van der Waals surface area contributed by atoms with Crippen LogP contribution in [-0.4, -0.2) is 50.6 Å². The first-order chi connectivity index (χ1) is 16.1. The predicted octanol–water partition coefficient (Wildman–Crippen LogP) is 4.92. The van der Waals surface area contributed by atoms with Gasteiger partial charge in [0, 0.05) is 43.9 Å². The number of allylic oxidation sites excluding steroid dienone is 1. The highest BCUT2D eigenvalue weighted by Crippen LogP contribution is 2.27. The van der Waals surface area contributed by atoms with Gasteiger partial charge < -0.3 is 20.9 Å². The number of carbonyl (C=O) groups is 1. The van der Waals surface area contributed by atoms with Gasteiger partial charge in [0.1, 0.15) is 0 Å². The lowest BCUT2D eigenvalue weighted by Crippen LogP contribution is -2.18. The Hall–Kier alpha value is -2.55. The van der Waals surface area contributed by atoms with Gasteiger partial charge >= 0.3 is 0 Å². The topological polar surface area (TPSA) is 113 Å². The Morgan fingerprint density at radius 1 is 1.18 bits per heavy atom. The summed E-state index contributed by atoms with van der Waals surface area (Å²) in [7, 11) is 3.37. The molecule has 4 N–H and O–H groups in total. The molecule has 0 saturated heterocycles. The number of benzene rings is 1. The van der Waals surface area contributed by atoms with Crippen molar-refractivity contribution in [2.45, 2.75) is 52.1 Å². The number of aliphatic imine (C=N–C) groups is 1. The Labute approximate surface area is 201 Å². The fourth-order valence-electron chi connectivity index (χ4n) is 3.32. The van der Waals surface area contributed by atoms with E-state index in [0.29, 0.717) is 11.7 Å². The largest absolute Gasteiger partial charge is 0.404 e. The predicted molar refractivity (Wildman–Crippen MR) is 139 cm³/mol. The molecule has 0 bridgehead atoms. The molecule has 2 aromatic rings. The number of methoxy groups -OCH3 is 1. The summed E-state index contributed by atoms with van der Waals surface area (Å²) in [6, 6.07) is 5.38. The van der Waals surface area contributed by atoms with Crippen molar-refractivity contribution in [3.05, 3.63) is 47.2 Å². The van der Waals surface area contributed by atoms with E-state index in [1.54, 1.807) is 44.2 Å². The molecule has 1 aliphatic carbocycles. The summed E-state index contributed by atoms with van der Waals surface area (Å²) in [6.45, 7) is 5.50. The molecule has 0 atom stereocenters. The zero-order chi connectivity index (χ0) is 24.5. The lowest BCUT2D eigenvalue weighted by molar-refractivity contribution is -0.000149. The Morgan fingerprint density at radius 3 is 2.42 bits per heavy atom. The zero-order valence-electron chi connectivity index (χ0n) is 20.3. The SMILES string of the molecule is CC.CN=C/C(=C\N)c1cc(C(N)=O)cc(-c2cncs2)c1.COCCOC1CCCCC1. The van der Waals surface area contributed by atoms with Crippen molar-refractivity contribution in [2.24, 2.45) is 16.5 Å². The number of rotatable bonds is 8. The van der Waals surface area contributed by atoms with E-state index < -0.39 is 5.91 Å². The number of aromatic nitrogens is 1. The summed E-state index contributed by atoms with van der Waals surface area (Å²) in [6.07, 6.45) is 11.9. The second kappa shape index (κ2) is 17.0. The average molecular weight is 475 g/mol. The minimum atomic E-state index is -0.484. The van der Waals surface area contributed by atoms with Gasteiger partial charge in [-0.3, -0.25) is 14.8 Å². The minimum absolute atomic E-state index is 0.426. The van der Waals surface area contributed by atoms with Crippen LogP contribution in [0, 0.1) is 0 Å². The summed E-state index contributed by atoms with van der Waals surface area (Å²) in [5.41, 5.74) is 15.5. The van der Waals surface area contributed by atoms with Crippen LogP contribution in [0.2, 0.25) is 0 Å². The lowest BCUT2D eigenvalue weighted by atomic mass is 9.98. The van der Waals surface area contributed by atoms with E-state index in [2.05, 4.69) is 9.98 Å². The Kier molecular flexibility index (Phi) is 14.7. The van der Waals surface area contributed by atoms with E-state index in [9.17, 15) is 4.79 Å². The number of hydrogen-bond acceptors (Lipinski definition) is 7. The Bertz CT molecular complexity index is 861. The Morgan fingerprint density at radius 2 is 1.88 bits per heavy atom. The van der Waals surface area contributed by atoms with Crippen molar-refractivity contribution in [1.82, 2.24) is 4.98 Å². The van der Waals surface area contributed by atoms with Crippen molar-refractivity contribution in [3.8, 4) is 10.4 Å². The van der Waals surface area contributed by atoms with E-state index in [4.69, 9.17) is 20.9 Å². The van der Waals surface area contributed by atoms with Crippen molar-refractivity contribution in [2.75, 3.05) is 27.4 Å². The molecule has 7 nitrogen and oxygen atoms in total.